The van der Waals surface area contributed by atoms with Gasteiger partial charge in [-0.1, -0.05) is 91.2 Å². The molecule has 0 radical (unpaired) electrons. The van der Waals surface area contributed by atoms with Gasteiger partial charge in [-0.15, -0.1) is 0 Å². The Balaban J connectivity index is 0.978. The maximum Gasteiger partial charge on any atom is 0.220 e. The molecule has 0 aromatic carbocycles. The van der Waals surface area contributed by atoms with Crippen LogP contribution in [0.2, 0.25) is 0 Å². The van der Waals surface area contributed by atoms with Crippen molar-refractivity contribution in [1.82, 2.24) is 10.6 Å². The number of aliphatic hydroxyl groups is 2. The highest BCUT2D eigenvalue weighted by Gasteiger charge is 2.62. The van der Waals surface area contributed by atoms with E-state index in [1.807, 2.05) is 0 Å². The standard InChI is InChI=1S/C46H82N2O5/c1-5-6-7-8-9-10-11-12-13-14-15-16-17-18-19-20-42(51)47-29-31-53-32-30-48-43(52)24-21-35(2)38-22-23-39-44-40(26-28-46(38,39)4)45(3)27-25-37(49)33-36(45)34-41(44)50/h12-13,35-41,44,49-50H,5-11,14-34H2,1-4H3,(H,47,51)(H,48,52)/b13-12-/t35-,36+,37-,38?,39+,40+,41-,44+,45+,46-/m1/s1. The van der Waals surface area contributed by atoms with Crippen LogP contribution in [0, 0.1) is 46.3 Å². The van der Waals surface area contributed by atoms with Gasteiger partial charge in [-0.05, 0) is 136 Å². The van der Waals surface area contributed by atoms with Crippen LogP contribution in [0.4, 0.5) is 0 Å². The molecular formula is C46H82N2O5. The van der Waals surface area contributed by atoms with Crippen molar-refractivity contribution in [2.45, 2.75) is 194 Å². The first-order valence-corrected chi connectivity index (χ1v) is 22.7. The lowest BCUT2D eigenvalue weighted by Gasteiger charge is -2.62. The van der Waals surface area contributed by atoms with Crippen LogP contribution < -0.4 is 10.6 Å². The van der Waals surface area contributed by atoms with Gasteiger partial charge in [-0.3, -0.25) is 9.59 Å². The first-order valence-electron chi connectivity index (χ1n) is 22.7. The molecule has 7 heteroatoms. The SMILES string of the molecule is CCCCCCCC/C=C\CCCCCCCC(=O)NCCOCCNC(=O)CC[C@@H](C)C1CC[C@H]2[C@@H]3[C@H](O)C[C@@H]4C[C@H](O)CC[C@]4(C)[C@H]3CC[C@]12C. The Hall–Kier alpha value is -1.44. The fraction of sp³-hybridized carbons (Fsp3) is 0.913. The largest absolute Gasteiger partial charge is 0.393 e. The second kappa shape index (κ2) is 23.0. The average Bonchev–Trinajstić information content (AvgIpc) is 3.49. The van der Waals surface area contributed by atoms with Gasteiger partial charge in [-0.25, -0.2) is 0 Å². The Morgan fingerprint density at radius 1 is 0.736 bits per heavy atom. The summed E-state index contributed by atoms with van der Waals surface area (Å²) in [5, 5.41) is 27.9. The molecule has 0 heterocycles. The minimum absolute atomic E-state index is 0.0956. The Bertz CT molecular complexity index is 1100. The third-order valence-electron chi connectivity index (χ3n) is 15.0. The number of aliphatic hydroxyl groups excluding tert-OH is 2. The molecule has 0 aliphatic heterocycles. The van der Waals surface area contributed by atoms with Crippen molar-refractivity contribution in [2.75, 3.05) is 26.3 Å². The van der Waals surface area contributed by atoms with E-state index in [0.717, 1.165) is 44.9 Å². The second-order valence-electron chi connectivity index (χ2n) is 18.6. The zero-order valence-corrected chi connectivity index (χ0v) is 34.7. The van der Waals surface area contributed by atoms with Gasteiger partial charge in [0.25, 0.3) is 0 Å². The Labute approximate surface area is 325 Å². The van der Waals surface area contributed by atoms with Crippen LogP contribution in [-0.2, 0) is 14.3 Å². The summed E-state index contributed by atoms with van der Waals surface area (Å²) in [4.78, 5) is 24.9. The van der Waals surface area contributed by atoms with Crippen molar-refractivity contribution in [3.63, 3.8) is 0 Å². The van der Waals surface area contributed by atoms with Crippen LogP contribution >= 0.6 is 0 Å². The minimum atomic E-state index is -0.242. The fourth-order valence-corrected chi connectivity index (χ4v) is 11.9. The number of allylic oxidation sites excluding steroid dienone is 2. The average molecular weight is 743 g/mol. The number of ether oxygens (including phenoxy) is 1. The number of amides is 2. The zero-order chi connectivity index (χ0) is 38.1. The van der Waals surface area contributed by atoms with Gasteiger partial charge in [-0.2, -0.15) is 0 Å². The molecule has 4 fully saturated rings. The lowest BCUT2D eigenvalue weighted by Crippen LogP contribution is -2.58. The van der Waals surface area contributed by atoms with E-state index in [4.69, 9.17) is 4.74 Å². The molecule has 0 aromatic heterocycles. The summed E-state index contributed by atoms with van der Waals surface area (Å²) >= 11 is 0. The van der Waals surface area contributed by atoms with E-state index in [0.29, 0.717) is 74.7 Å². The van der Waals surface area contributed by atoms with E-state index in [9.17, 15) is 19.8 Å². The molecular weight excluding hydrogens is 661 g/mol. The number of unbranched alkanes of at least 4 members (excludes halogenated alkanes) is 11. The van der Waals surface area contributed by atoms with Gasteiger partial charge in [0.15, 0.2) is 0 Å². The summed E-state index contributed by atoms with van der Waals surface area (Å²) in [6.07, 6.45) is 31.2. The summed E-state index contributed by atoms with van der Waals surface area (Å²) in [6.45, 7) is 11.5. The summed E-state index contributed by atoms with van der Waals surface area (Å²) in [6, 6.07) is 0. The van der Waals surface area contributed by atoms with Gasteiger partial charge >= 0.3 is 0 Å². The molecule has 0 spiro atoms. The first-order chi connectivity index (χ1) is 25.6. The maximum atomic E-state index is 12.7. The van der Waals surface area contributed by atoms with E-state index < -0.39 is 0 Å². The monoisotopic (exact) mass is 743 g/mol. The smallest absolute Gasteiger partial charge is 0.220 e. The van der Waals surface area contributed by atoms with E-state index in [1.54, 1.807) is 0 Å². The molecule has 10 atom stereocenters. The fourth-order valence-electron chi connectivity index (χ4n) is 11.9. The van der Waals surface area contributed by atoms with Crippen LogP contribution in [0.15, 0.2) is 12.2 Å². The van der Waals surface area contributed by atoms with Crippen LogP contribution in [-0.4, -0.2) is 60.5 Å². The summed E-state index contributed by atoms with van der Waals surface area (Å²) in [7, 11) is 0. The number of carbonyl (C=O) groups is 2. The topological polar surface area (TPSA) is 108 Å². The molecule has 7 nitrogen and oxygen atoms in total. The maximum absolute atomic E-state index is 12.7. The molecule has 4 saturated carbocycles. The first kappa shape index (κ1) is 44.3. The molecule has 53 heavy (non-hydrogen) atoms. The third kappa shape index (κ3) is 13.1. The summed E-state index contributed by atoms with van der Waals surface area (Å²) < 4.78 is 5.67. The minimum Gasteiger partial charge on any atom is -0.393 e. The number of hydrogen-bond donors (Lipinski definition) is 4. The van der Waals surface area contributed by atoms with Crippen molar-refractivity contribution in [2.24, 2.45) is 46.3 Å². The number of nitrogens with one attached hydrogen (secondary N) is 2. The van der Waals surface area contributed by atoms with E-state index in [2.05, 4.69) is 50.5 Å². The summed E-state index contributed by atoms with van der Waals surface area (Å²) in [5.41, 5.74) is 0.496. The normalized spacial score (nSPS) is 32.9. The highest BCUT2D eigenvalue weighted by atomic mass is 16.5. The van der Waals surface area contributed by atoms with Gasteiger partial charge in [0, 0.05) is 25.9 Å². The number of fused-ring (bicyclic) bond motifs is 5. The Morgan fingerprint density at radius 2 is 1.32 bits per heavy atom. The molecule has 4 N–H and O–H groups in total. The molecule has 4 aliphatic rings. The second-order valence-corrected chi connectivity index (χ2v) is 18.6. The van der Waals surface area contributed by atoms with Crippen LogP contribution in [0.25, 0.3) is 0 Å². The quantitative estimate of drug-likeness (QED) is 0.0551. The molecule has 0 saturated heterocycles. The van der Waals surface area contributed by atoms with Crippen molar-refractivity contribution < 1.29 is 24.5 Å². The molecule has 4 aliphatic carbocycles. The van der Waals surface area contributed by atoms with Crippen molar-refractivity contribution in [3.8, 4) is 0 Å². The van der Waals surface area contributed by atoms with Gasteiger partial charge in [0.2, 0.25) is 11.8 Å². The number of rotatable bonds is 25. The number of hydrogen-bond acceptors (Lipinski definition) is 5. The van der Waals surface area contributed by atoms with Gasteiger partial charge < -0.3 is 25.6 Å². The van der Waals surface area contributed by atoms with Crippen LogP contribution in [0.5, 0.6) is 0 Å². The third-order valence-corrected chi connectivity index (χ3v) is 15.0. The molecule has 1 unspecified atom stereocenters. The highest BCUT2D eigenvalue weighted by Crippen LogP contribution is 2.68. The summed E-state index contributed by atoms with van der Waals surface area (Å²) in [5.74, 6) is 3.25. The highest BCUT2D eigenvalue weighted by molar-refractivity contribution is 5.76. The zero-order valence-electron chi connectivity index (χ0n) is 34.7. The van der Waals surface area contributed by atoms with Crippen molar-refractivity contribution in [1.29, 1.82) is 0 Å². The molecule has 4 rings (SSSR count). The predicted octanol–water partition coefficient (Wildman–Crippen LogP) is 9.68. The van der Waals surface area contributed by atoms with E-state index in [1.165, 1.54) is 96.3 Å². The predicted molar refractivity (Wildman–Crippen MR) is 217 cm³/mol. The van der Waals surface area contributed by atoms with E-state index in [-0.39, 0.29) is 34.9 Å². The molecule has 0 aromatic rings. The van der Waals surface area contributed by atoms with Gasteiger partial charge in [0.1, 0.15) is 0 Å². The Kier molecular flexibility index (Phi) is 19.2. The van der Waals surface area contributed by atoms with E-state index >= 15 is 0 Å². The lowest BCUT2D eigenvalue weighted by atomic mass is 9.43. The molecule has 0 bridgehead atoms. The van der Waals surface area contributed by atoms with Gasteiger partial charge in [0.05, 0.1) is 25.4 Å². The Morgan fingerprint density at radius 3 is 2.00 bits per heavy atom. The molecule has 306 valence electrons. The van der Waals surface area contributed by atoms with Crippen LogP contribution in [0.1, 0.15) is 182 Å². The molecule has 2 amide bonds. The van der Waals surface area contributed by atoms with Crippen molar-refractivity contribution in [3.05, 3.63) is 12.2 Å². The number of carbonyl (C=O) groups excluding carboxylic acids is 2. The van der Waals surface area contributed by atoms with Crippen LogP contribution in [0.3, 0.4) is 0 Å². The van der Waals surface area contributed by atoms with Crippen molar-refractivity contribution >= 4 is 11.8 Å². The lowest BCUT2D eigenvalue weighted by molar-refractivity contribution is -0.174.